The summed E-state index contributed by atoms with van der Waals surface area (Å²) < 4.78 is 11.8. The molecular formula is C33H37NO4. The molecule has 5 nitrogen and oxygen atoms in total. The Morgan fingerprint density at radius 3 is 1.87 bits per heavy atom. The third-order valence-electron chi connectivity index (χ3n) is 6.33. The van der Waals surface area contributed by atoms with Crippen LogP contribution in [0.3, 0.4) is 0 Å². The van der Waals surface area contributed by atoms with Crippen LogP contribution in [0.5, 0.6) is 11.5 Å². The van der Waals surface area contributed by atoms with Crippen LogP contribution in [-0.2, 0) is 10.4 Å². The average molecular weight is 512 g/mol. The van der Waals surface area contributed by atoms with Gasteiger partial charge in [-0.3, -0.25) is 4.79 Å². The minimum absolute atomic E-state index is 0.181. The van der Waals surface area contributed by atoms with Crippen LogP contribution in [-0.4, -0.2) is 28.7 Å². The SMILES string of the molecule is C=Cc1ccc(OC(C)(C)c2ccc(C=CO)cc2)cc1.C=Cc1ccc(OC(C)N2CCCC2=O)cc1. The number of aliphatic hydroxyl groups is 1. The van der Waals surface area contributed by atoms with Gasteiger partial charge in [-0.25, -0.2) is 0 Å². The third-order valence-corrected chi connectivity index (χ3v) is 6.33. The summed E-state index contributed by atoms with van der Waals surface area (Å²) in [5, 5.41) is 8.77. The van der Waals surface area contributed by atoms with Crippen LogP contribution in [0.25, 0.3) is 18.2 Å². The molecule has 5 heteroatoms. The first kappa shape index (κ1) is 28.3. The van der Waals surface area contributed by atoms with Gasteiger partial charge in [0.05, 0.1) is 6.26 Å². The number of amides is 1. The number of aliphatic hydroxyl groups excluding tert-OH is 1. The number of nitrogens with zero attached hydrogens (tertiary/aromatic N) is 1. The van der Waals surface area contributed by atoms with Gasteiger partial charge in [0.1, 0.15) is 17.1 Å². The van der Waals surface area contributed by atoms with Crippen molar-refractivity contribution in [2.24, 2.45) is 0 Å². The van der Waals surface area contributed by atoms with Crippen molar-refractivity contribution in [1.82, 2.24) is 4.90 Å². The van der Waals surface area contributed by atoms with E-state index in [4.69, 9.17) is 14.6 Å². The van der Waals surface area contributed by atoms with E-state index in [1.807, 2.05) is 99.6 Å². The van der Waals surface area contributed by atoms with E-state index in [1.165, 1.54) is 0 Å². The molecule has 1 fully saturated rings. The predicted octanol–water partition coefficient (Wildman–Crippen LogP) is 7.85. The second-order valence-corrected chi connectivity index (χ2v) is 9.50. The molecule has 3 aromatic carbocycles. The molecule has 1 N–H and O–H groups in total. The van der Waals surface area contributed by atoms with Crippen molar-refractivity contribution in [3.05, 3.63) is 114 Å². The van der Waals surface area contributed by atoms with Crippen molar-refractivity contribution in [2.75, 3.05) is 6.54 Å². The molecule has 0 bridgehead atoms. The summed E-state index contributed by atoms with van der Waals surface area (Å²) in [5.74, 6) is 1.79. The Hall–Kier alpha value is -4.25. The first-order valence-electron chi connectivity index (χ1n) is 12.8. The van der Waals surface area contributed by atoms with E-state index >= 15 is 0 Å². The summed E-state index contributed by atoms with van der Waals surface area (Å²) in [6.45, 7) is 14.2. The number of carbonyl (C=O) groups is 1. The van der Waals surface area contributed by atoms with E-state index in [9.17, 15) is 4.79 Å². The Labute approximate surface area is 226 Å². The van der Waals surface area contributed by atoms with Gasteiger partial charge < -0.3 is 19.5 Å². The van der Waals surface area contributed by atoms with Crippen molar-refractivity contribution in [3.63, 3.8) is 0 Å². The van der Waals surface area contributed by atoms with Gasteiger partial charge in [-0.05, 0) is 79.8 Å². The van der Waals surface area contributed by atoms with Crippen molar-refractivity contribution in [1.29, 1.82) is 0 Å². The van der Waals surface area contributed by atoms with Gasteiger partial charge in [0.15, 0.2) is 6.23 Å². The number of likely N-dealkylation sites (tertiary alicyclic amines) is 1. The molecule has 1 unspecified atom stereocenters. The van der Waals surface area contributed by atoms with Crippen molar-refractivity contribution in [2.45, 2.75) is 45.4 Å². The number of hydrogen-bond donors (Lipinski definition) is 1. The fourth-order valence-electron chi connectivity index (χ4n) is 4.10. The Morgan fingerprint density at radius 2 is 1.39 bits per heavy atom. The smallest absolute Gasteiger partial charge is 0.225 e. The molecule has 3 aromatic rings. The zero-order valence-electron chi connectivity index (χ0n) is 22.5. The van der Waals surface area contributed by atoms with Gasteiger partial charge >= 0.3 is 0 Å². The standard InChI is InChI=1S/C19H20O2.C14H17NO2/c1-4-15-7-11-18(12-8-15)21-19(2,3)17-9-5-16(6-10-17)13-14-20;1-3-12-6-8-13(9-7-12)17-11(2)15-10-4-5-14(15)16/h4-14,20H,1H2,2-3H3;3,6-9,11H,1,4-5,10H2,2H3. The molecule has 38 heavy (non-hydrogen) atoms. The van der Waals surface area contributed by atoms with E-state index in [0.29, 0.717) is 6.42 Å². The molecule has 4 rings (SSSR count). The Bertz CT molecular complexity index is 1230. The molecule has 0 saturated carbocycles. The van der Waals surface area contributed by atoms with E-state index in [1.54, 1.807) is 17.1 Å². The zero-order chi connectivity index (χ0) is 27.5. The number of benzene rings is 3. The largest absolute Gasteiger partial charge is 0.516 e. The lowest BCUT2D eigenvalue weighted by atomic mass is 9.96. The molecule has 0 aromatic heterocycles. The quantitative estimate of drug-likeness (QED) is 0.297. The van der Waals surface area contributed by atoms with Crippen LogP contribution in [0.2, 0.25) is 0 Å². The number of ether oxygens (including phenoxy) is 2. The topological polar surface area (TPSA) is 59.0 Å². The maximum absolute atomic E-state index is 11.5. The van der Waals surface area contributed by atoms with Crippen molar-refractivity contribution < 1.29 is 19.4 Å². The summed E-state index contributed by atoms with van der Waals surface area (Å²) >= 11 is 0. The normalized spacial score (nSPS) is 14.0. The summed E-state index contributed by atoms with van der Waals surface area (Å²) in [5.41, 5.74) is 3.72. The lowest BCUT2D eigenvalue weighted by molar-refractivity contribution is -0.134. The molecule has 1 saturated heterocycles. The molecule has 1 heterocycles. The number of rotatable bonds is 9. The summed E-state index contributed by atoms with van der Waals surface area (Å²) in [7, 11) is 0. The highest BCUT2D eigenvalue weighted by atomic mass is 16.5. The third kappa shape index (κ3) is 7.87. The number of hydrogen-bond acceptors (Lipinski definition) is 4. The fraction of sp³-hybridized carbons (Fsp3) is 0.242. The van der Waals surface area contributed by atoms with Gasteiger partial charge in [0.25, 0.3) is 0 Å². The molecule has 0 spiro atoms. The molecule has 1 aliphatic rings. The van der Waals surface area contributed by atoms with Gasteiger partial charge in [-0.2, -0.15) is 0 Å². The highest BCUT2D eigenvalue weighted by molar-refractivity contribution is 5.78. The van der Waals surface area contributed by atoms with E-state index < -0.39 is 5.60 Å². The van der Waals surface area contributed by atoms with Crippen LogP contribution in [0.15, 0.2) is 92.2 Å². The maximum Gasteiger partial charge on any atom is 0.225 e. The minimum atomic E-state index is -0.433. The highest BCUT2D eigenvalue weighted by Gasteiger charge is 2.26. The fourth-order valence-corrected chi connectivity index (χ4v) is 4.10. The van der Waals surface area contributed by atoms with E-state index in [2.05, 4.69) is 13.2 Å². The van der Waals surface area contributed by atoms with Crippen molar-refractivity contribution >= 4 is 24.1 Å². The number of carbonyl (C=O) groups excluding carboxylic acids is 1. The zero-order valence-corrected chi connectivity index (χ0v) is 22.5. The van der Waals surface area contributed by atoms with Crippen LogP contribution in [0.1, 0.15) is 55.9 Å². The van der Waals surface area contributed by atoms with Crippen LogP contribution >= 0.6 is 0 Å². The molecule has 198 valence electrons. The molecule has 1 aliphatic heterocycles. The second kappa shape index (κ2) is 13.3. The Balaban J connectivity index is 0.000000215. The van der Waals surface area contributed by atoms with Crippen LogP contribution in [0.4, 0.5) is 0 Å². The molecular weight excluding hydrogens is 474 g/mol. The first-order chi connectivity index (χ1) is 18.2. The van der Waals surface area contributed by atoms with E-state index in [0.717, 1.165) is 53.0 Å². The van der Waals surface area contributed by atoms with Gasteiger partial charge in [0, 0.05) is 13.0 Å². The monoisotopic (exact) mass is 511 g/mol. The van der Waals surface area contributed by atoms with Crippen molar-refractivity contribution in [3.8, 4) is 11.5 Å². The lowest BCUT2D eigenvalue weighted by Gasteiger charge is -2.27. The van der Waals surface area contributed by atoms with Gasteiger partial charge in [-0.15, -0.1) is 0 Å². The molecule has 0 radical (unpaired) electrons. The van der Waals surface area contributed by atoms with Gasteiger partial charge in [-0.1, -0.05) is 73.8 Å². The Morgan fingerprint density at radius 1 is 0.868 bits per heavy atom. The average Bonchev–Trinajstić information content (AvgIpc) is 3.36. The molecule has 0 aliphatic carbocycles. The second-order valence-electron chi connectivity index (χ2n) is 9.50. The van der Waals surface area contributed by atoms with Crippen LogP contribution < -0.4 is 9.47 Å². The lowest BCUT2D eigenvalue weighted by Crippen LogP contribution is -2.37. The van der Waals surface area contributed by atoms with E-state index in [-0.39, 0.29) is 12.1 Å². The van der Waals surface area contributed by atoms with Gasteiger partial charge in [0.2, 0.25) is 5.91 Å². The first-order valence-corrected chi connectivity index (χ1v) is 12.8. The summed E-state index contributed by atoms with van der Waals surface area (Å²) in [6.07, 6.45) is 7.66. The Kier molecular flexibility index (Phi) is 9.94. The van der Waals surface area contributed by atoms with Crippen LogP contribution in [0, 0.1) is 0 Å². The molecule has 1 atom stereocenters. The minimum Gasteiger partial charge on any atom is -0.516 e. The summed E-state index contributed by atoms with van der Waals surface area (Å²) in [6, 6.07) is 23.5. The maximum atomic E-state index is 11.5. The summed E-state index contributed by atoms with van der Waals surface area (Å²) in [4.78, 5) is 13.3. The highest BCUT2D eigenvalue weighted by Crippen LogP contribution is 2.28. The predicted molar refractivity (Wildman–Crippen MR) is 156 cm³/mol. The molecule has 1 amide bonds.